The monoisotopic (exact) mass is 420 g/mol. The van der Waals surface area contributed by atoms with E-state index in [4.69, 9.17) is 4.74 Å². The van der Waals surface area contributed by atoms with Gasteiger partial charge in [0, 0.05) is 6.54 Å². The molecule has 3 nitrogen and oxygen atoms in total. The van der Waals surface area contributed by atoms with Crippen LogP contribution in [-0.4, -0.2) is 24.8 Å². The molecule has 0 unspecified atom stereocenters. The van der Waals surface area contributed by atoms with Crippen LogP contribution < -0.4 is 10.6 Å². The van der Waals surface area contributed by atoms with Crippen LogP contribution in [0.25, 0.3) is 0 Å². The molecule has 3 rings (SSSR count). The second kappa shape index (κ2) is 11.7. The van der Waals surface area contributed by atoms with Gasteiger partial charge in [-0.05, 0) is 49.8 Å². The molecule has 30 heavy (non-hydrogen) atoms. The number of ether oxygens (including phenoxy) is 1. The third-order valence-corrected chi connectivity index (χ3v) is 5.42. The van der Waals surface area contributed by atoms with Crippen LogP contribution in [0.15, 0.2) is 72.8 Å². The highest BCUT2D eigenvalue weighted by molar-refractivity contribution is 7.98. The molecule has 0 spiro atoms. The topological polar surface area (TPSA) is 33.3 Å². The first-order valence-corrected chi connectivity index (χ1v) is 11.8. The van der Waals surface area contributed by atoms with Gasteiger partial charge in [0.05, 0.1) is 30.0 Å². The molecule has 0 amide bonds. The van der Waals surface area contributed by atoms with Gasteiger partial charge in [0.1, 0.15) is 0 Å². The van der Waals surface area contributed by atoms with E-state index in [1.54, 1.807) is 11.8 Å². The molecule has 3 aromatic rings. The molecular formula is C26H32N2OS. The largest absolute Gasteiger partial charge is 0.379 e. The Kier molecular flexibility index (Phi) is 8.66. The molecule has 1 atom stereocenters. The van der Waals surface area contributed by atoms with Crippen molar-refractivity contribution in [2.45, 2.75) is 32.9 Å². The maximum absolute atomic E-state index is 5.87. The number of anilines is 2. The summed E-state index contributed by atoms with van der Waals surface area (Å²) in [4.78, 5) is 0. The quantitative estimate of drug-likeness (QED) is 0.283. The van der Waals surface area contributed by atoms with E-state index in [-0.39, 0.29) is 6.04 Å². The van der Waals surface area contributed by atoms with Gasteiger partial charge in [-0.3, -0.25) is 0 Å². The second-order valence-corrected chi connectivity index (χ2v) is 8.51. The minimum Gasteiger partial charge on any atom is -0.379 e. The number of para-hydroxylation sites is 2. The van der Waals surface area contributed by atoms with E-state index in [0.717, 1.165) is 24.3 Å². The molecule has 3 aromatic carbocycles. The lowest BCUT2D eigenvalue weighted by Crippen LogP contribution is -2.28. The van der Waals surface area contributed by atoms with Crippen molar-refractivity contribution in [1.29, 1.82) is 0 Å². The summed E-state index contributed by atoms with van der Waals surface area (Å²) in [6.07, 6.45) is 2.98. The van der Waals surface area contributed by atoms with E-state index < -0.39 is 0 Å². The van der Waals surface area contributed by atoms with Gasteiger partial charge in [-0.2, -0.15) is 0 Å². The molecule has 0 fully saturated rings. The fourth-order valence-corrected chi connectivity index (χ4v) is 3.58. The van der Waals surface area contributed by atoms with Gasteiger partial charge < -0.3 is 15.4 Å². The van der Waals surface area contributed by atoms with Crippen LogP contribution in [-0.2, 0) is 17.7 Å². The van der Waals surface area contributed by atoms with Crippen molar-refractivity contribution in [2.75, 3.05) is 29.4 Å². The molecule has 0 aliphatic heterocycles. The maximum Gasteiger partial charge on any atom is 0.0919 e. The molecule has 158 valence electrons. The SMILES string of the molecule is CSCOC[C@H](Cc1ccc(C)cc1)Nc1ccccc1NCc1ccc(C)cc1. The highest BCUT2D eigenvalue weighted by Crippen LogP contribution is 2.24. The average Bonchev–Trinajstić information content (AvgIpc) is 2.76. The molecule has 0 aliphatic carbocycles. The first kappa shape index (κ1) is 22.3. The Balaban J connectivity index is 1.69. The van der Waals surface area contributed by atoms with Crippen LogP contribution in [0.5, 0.6) is 0 Å². The van der Waals surface area contributed by atoms with Crippen molar-refractivity contribution in [1.82, 2.24) is 0 Å². The fourth-order valence-electron chi connectivity index (χ4n) is 3.32. The number of benzene rings is 3. The number of hydrogen-bond acceptors (Lipinski definition) is 4. The number of hydrogen-bond donors (Lipinski definition) is 2. The van der Waals surface area contributed by atoms with Crippen molar-refractivity contribution >= 4 is 23.1 Å². The molecule has 0 aromatic heterocycles. The third kappa shape index (κ3) is 7.12. The summed E-state index contributed by atoms with van der Waals surface area (Å²) >= 11 is 1.71. The second-order valence-electron chi connectivity index (χ2n) is 7.69. The first-order chi connectivity index (χ1) is 14.6. The Morgan fingerprint density at radius 2 is 1.40 bits per heavy atom. The molecular weight excluding hydrogens is 388 g/mol. The molecule has 0 heterocycles. The van der Waals surface area contributed by atoms with Crippen LogP contribution in [0.2, 0.25) is 0 Å². The Labute approximate surface area is 185 Å². The van der Waals surface area contributed by atoms with Crippen LogP contribution in [0, 0.1) is 13.8 Å². The van der Waals surface area contributed by atoms with Gasteiger partial charge in [0.15, 0.2) is 0 Å². The predicted octanol–water partition coefficient (Wildman–Crippen LogP) is 6.28. The Morgan fingerprint density at radius 3 is 2.03 bits per heavy atom. The smallest absolute Gasteiger partial charge is 0.0919 e. The number of nitrogens with one attached hydrogen (secondary N) is 2. The molecule has 0 saturated heterocycles. The molecule has 0 bridgehead atoms. The lowest BCUT2D eigenvalue weighted by Gasteiger charge is -2.22. The molecule has 0 aliphatic rings. The van der Waals surface area contributed by atoms with Gasteiger partial charge >= 0.3 is 0 Å². The summed E-state index contributed by atoms with van der Waals surface area (Å²) in [5.74, 6) is 0.708. The van der Waals surface area contributed by atoms with Crippen LogP contribution in [0.3, 0.4) is 0 Å². The summed E-state index contributed by atoms with van der Waals surface area (Å²) in [5, 5.41) is 7.30. The lowest BCUT2D eigenvalue weighted by atomic mass is 10.0. The summed E-state index contributed by atoms with van der Waals surface area (Å²) in [6.45, 7) is 5.70. The zero-order valence-corrected chi connectivity index (χ0v) is 19.0. The van der Waals surface area contributed by atoms with Gasteiger partial charge in [-0.1, -0.05) is 71.8 Å². The van der Waals surface area contributed by atoms with E-state index in [1.807, 2.05) is 0 Å². The molecule has 2 N–H and O–H groups in total. The van der Waals surface area contributed by atoms with Crippen molar-refractivity contribution in [3.63, 3.8) is 0 Å². The summed E-state index contributed by atoms with van der Waals surface area (Å²) in [5.41, 5.74) is 7.37. The molecule has 0 saturated carbocycles. The Hall–Kier alpha value is -2.43. The van der Waals surface area contributed by atoms with Crippen molar-refractivity contribution < 1.29 is 4.74 Å². The molecule has 4 heteroatoms. The zero-order chi connectivity index (χ0) is 21.2. The van der Waals surface area contributed by atoms with Gasteiger partial charge in [0.2, 0.25) is 0 Å². The van der Waals surface area contributed by atoms with Crippen molar-refractivity contribution in [3.05, 3.63) is 95.1 Å². The standard InChI is InChI=1S/C26H32N2OS/c1-20-8-12-22(13-9-20)16-24(18-29-19-30-3)28-26-7-5-4-6-25(26)27-17-23-14-10-21(2)11-15-23/h4-15,24,27-28H,16-19H2,1-3H3/t24-/m0/s1. The number of aryl methyl sites for hydroxylation is 2. The number of rotatable bonds is 11. The van der Waals surface area contributed by atoms with E-state index >= 15 is 0 Å². The van der Waals surface area contributed by atoms with E-state index in [1.165, 1.54) is 22.3 Å². The Bertz CT molecular complexity index is 894. The first-order valence-electron chi connectivity index (χ1n) is 10.4. The predicted molar refractivity (Wildman–Crippen MR) is 132 cm³/mol. The van der Waals surface area contributed by atoms with Crippen LogP contribution in [0.4, 0.5) is 11.4 Å². The maximum atomic E-state index is 5.87. The highest BCUT2D eigenvalue weighted by atomic mass is 32.2. The summed E-state index contributed by atoms with van der Waals surface area (Å²) < 4.78 is 5.87. The van der Waals surface area contributed by atoms with Crippen molar-refractivity contribution in [2.24, 2.45) is 0 Å². The minimum absolute atomic E-state index is 0.196. The third-order valence-electron chi connectivity index (χ3n) is 5.01. The van der Waals surface area contributed by atoms with Crippen LogP contribution in [0.1, 0.15) is 22.3 Å². The van der Waals surface area contributed by atoms with E-state index in [0.29, 0.717) is 12.5 Å². The average molecular weight is 421 g/mol. The highest BCUT2D eigenvalue weighted by Gasteiger charge is 2.12. The Morgan fingerprint density at radius 1 is 0.800 bits per heavy atom. The summed E-state index contributed by atoms with van der Waals surface area (Å²) in [7, 11) is 0. The van der Waals surface area contributed by atoms with Gasteiger partial charge in [-0.25, -0.2) is 0 Å². The minimum atomic E-state index is 0.196. The zero-order valence-electron chi connectivity index (χ0n) is 18.2. The van der Waals surface area contributed by atoms with Gasteiger partial charge in [0.25, 0.3) is 0 Å². The number of thioether (sulfide) groups is 1. The van der Waals surface area contributed by atoms with E-state index in [2.05, 4.69) is 104 Å². The van der Waals surface area contributed by atoms with Crippen molar-refractivity contribution in [3.8, 4) is 0 Å². The summed E-state index contributed by atoms with van der Waals surface area (Å²) in [6, 6.07) is 26.0. The van der Waals surface area contributed by atoms with Crippen LogP contribution >= 0.6 is 11.8 Å². The fraction of sp³-hybridized carbons (Fsp3) is 0.308. The normalized spacial score (nSPS) is 11.8. The van der Waals surface area contributed by atoms with Gasteiger partial charge in [-0.15, -0.1) is 11.8 Å². The molecule has 0 radical (unpaired) electrons. The van der Waals surface area contributed by atoms with E-state index in [9.17, 15) is 0 Å². The lowest BCUT2D eigenvalue weighted by molar-refractivity contribution is 0.171.